The molecule has 1 heterocycles. The van der Waals surface area contributed by atoms with E-state index in [0.29, 0.717) is 9.26 Å². The van der Waals surface area contributed by atoms with Crippen LogP contribution < -0.4 is 5.73 Å². The molecule has 0 spiro atoms. The first-order valence-electron chi connectivity index (χ1n) is 4.57. The number of anilines is 1. The first-order valence-corrected chi connectivity index (χ1v) is 5.65. The van der Waals surface area contributed by atoms with E-state index in [1.165, 1.54) is 4.68 Å². The Bertz CT molecular complexity index is 572. The quantitative estimate of drug-likeness (QED) is 0.633. The van der Waals surface area contributed by atoms with Gasteiger partial charge in [-0.3, -0.25) is 0 Å². The molecule has 0 aliphatic carbocycles. The fourth-order valence-electron chi connectivity index (χ4n) is 1.39. The van der Waals surface area contributed by atoms with Gasteiger partial charge in [-0.25, -0.2) is 17.9 Å². The summed E-state index contributed by atoms with van der Waals surface area (Å²) >= 11 is 1.97. The molecular weight excluding hydrogens is 346 g/mol. The molecule has 0 amide bonds. The Hall–Kier alpha value is -1.25. The van der Waals surface area contributed by atoms with Crippen molar-refractivity contribution < 1.29 is 13.2 Å². The summed E-state index contributed by atoms with van der Waals surface area (Å²) in [6, 6.07) is 1.69. The number of aromatic nitrogens is 2. The molecule has 0 saturated heterocycles. The molecule has 90 valence electrons. The van der Waals surface area contributed by atoms with Gasteiger partial charge in [-0.05, 0) is 29.5 Å². The van der Waals surface area contributed by atoms with Crippen LogP contribution in [0.15, 0.2) is 12.1 Å². The number of nitrogen functional groups attached to an aromatic ring is 1. The van der Waals surface area contributed by atoms with E-state index in [1.807, 2.05) is 22.6 Å². The maximum atomic E-state index is 13.1. The lowest BCUT2D eigenvalue weighted by molar-refractivity contribution is 0.446. The number of rotatable bonds is 1. The molecule has 2 N–H and O–H groups in total. The van der Waals surface area contributed by atoms with E-state index in [4.69, 9.17) is 5.73 Å². The highest BCUT2D eigenvalue weighted by Crippen LogP contribution is 2.24. The molecule has 0 bridgehead atoms. The molecular formula is C10H7F3IN3. The van der Waals surface area contributed by atoms with Gasteiger partial charge in [0.2, 0.25) is 0 Å². The van der Waals surface area contributed by atoms with Crippen molar-refractivity contribution >= 4 is 28.4 Å². The van der Waals surface area contributed by atoms with Crippen molar-refractivity contribution in [2.24, 2.45) is 0 Å². The van der Waals surface area contributed by atoms with E-state index >= 15 is 0 Å². The van der Waals surface area contributed by atoms with Crippen molar-refractivity contribution in [2.75, 3.05) is 5.73 Å². The predicted molar refractivity (Wildman–Crippen MR) is 65.3 cm³/mol. The zero-order valence-corrected chi connectivity index (χ0v) is 10.8. The van der Waals surface area contributed by atoms with Crippen LogP contribution in [0.25, 0.3) is 5.69 Å². The molecule has 0 unspecified atom stereocenters. The van der Waals surface area contributed by atoms with E-state index in [0.717, 1.165) is 12.1 Å². The van der Waals surface area contributed by atoms with Gasteiger partial charge in [0.05, 0.1) is 15.0 Å². The fraction of sp³-hybridized carbons (Fsp3) is 0.100. The van der Waals surface area contributed by atoms with Gasteiger partial charge in [-0.15, -0.1) is 0 Å². The minimum absolute atomic E-state index is 0.0462. The van der Waals surface area contributed by atoms with Crippen molar-refractivity contribution in [2.45, 2.75) is 6.92 Å². The van der Waals surface area contributed by atoms with Gasteiger partial charge >= 0.3 is 0 Å². The Balaban J connectivity index is 2.65. The zero-order valence-electron chi connectivity index (χ0n) is 8.64. The Kier molecular flexibility index (Phi) is 3.02. The number of halogens is 4. The van der Waals surface area contributed by atoms with Crippen LogP contribution in [0.3, 0.4) is 0 Å². The normalized spacial score (nSPS) is 10.9. The summed E-state index contributed by atoms with van der Waals surface area (Å²) < 4.78 is 40.8. The van der Waals surface area contributed by atoms with Crippen LogP contribution in [0.5, 0.6) is 0 Å². The molecule has 2 rings (SSSR count). The van der Waals surface area contributed by atoms with E-state index < -0.39 is 17.5 Å². The van der Waals surface area contributed by atoms with Crippen LogP contribution in [0.2, 0.25) is 0 Å². The van der Waals surface area contributed by atoms with Crippen molar-refractivity contribution in [1.29, 1.82) is 0 Å². The maximum absolute atomic E-state index is 13.1. The fourth-order valence-corrected chi connectivity index (χ4v) is 1.72. The highest BCUT2D eigenvalue weighted by molar-refractivity contribution is 14.1. The summed E-state index contributed by atoms with van der Waals surface area (Å²) in [6.07, 6.45) is 0. The van der Waals surface area contributed by atoms with Crippen LogP contribution in [0, 0.1) is 27.9 Å². The highest BCUT2D eigenvalue weighted by Gasteiger charge is 2.16. The van der Waals surface area contributed by atoms with E-state index in [2.05, 4.69) is 5.10 Å². The molecule has 7 heteroatoms. The van der Waals surface area contributed by atoms with Crippen LogP contribution >= 0.6 is 22.6 Å². The maximum Gasteiger partial charge on any atom is 0.194 e. The van der Waals surface area contributed by atoms with E-state index in [9.17, 15) is 13.2 Å². The van der Waals surface area contributed by atoms with Crippen LogP contribution in [0.1, 0.15) is 5.69 Å². The summed E-state index contributed by atoms with van der Waals surface area (Å²) in [5.74, 6) is -3.80. The Morgan fingerprint density at radius 3 is 2.18 bits per heavy atom. The topological polar surface area (TPSA) is 43.8 Å². The lowest BCUT2D eigenvalue weighted by Gasteiger charge is -2.05. The second kappa shape index (κ2) is 4.21. The average Bonchev–Trinajstić information content (AvgIpc) is 2.53. The number of nitrogens with two attached hydrogens (primary N) is 1. The first-order chi connectivity index (χ1) is 7.91. The van der Waals surface area contributed by atoms with Gasteiger partial charge in [0.15, 0.2) is 17.5 Å². The van der Waals surface area contributed by atoms with Crippen LogP contribution in [-0.4, -0.2) is 9.78 Å². The molecule has 0 aliphatic rings. The standard InChI is InChI=1S/C10H7F3IN3/c1-4-9(14)10(15)17(16-4)5-2-6(11)8(13)7(12)3-5/h2-3H,15H2,1H3. The van der Waals surface area contributed by atoms with Gasteiger partial charge in [-0.1, -0.05) is 0 Å². The van der Waals surface area contributed by atoms with Gasteiger partial charge in [0.25, 0.3) is 0 Å². The zero-order chi connectivity index (χ0) is 12.7. The van der Waals surface area contributed by atoms with Crippen molar-refractivity contribution in [3.05, 3.63) is 38.8 Å². The molecule has 0 aliphatic heterocycles. The molecule has 0 radical (unpaired) electrons. The van der Waals surface area contributed by atoms with Crippen LogP contribution in [0.4, 0.5) is 19.0 Å². The number of benzene rings is 1. The van der Waals surface area contributed by atoms with Crippen molar-refractivity contribution in [3.63, 3.8) is 0 Å². The summed E-state index contributed by atoms with van der Waals surface area (Å²) in [5.41, 5.74) is 6.41. The van der Waals surface area contributed by atoms with E-state index in [1.54, 1.807) is 6.92 Å². The number of hydrogen-bond donors (Lipinski definition) is 1. The minimum atomic E-state index is -1.51. The van der Waals surface area contributed by atoms with Gasteiger partial charge < -0.3 is 5.73 Å². The molecule has 0 fully saturated rings. The van der Waals surface area contributed by atoms with Gasteiger partial charge in [-0.2, -0.15) is 5.10 Å². The number of hydrogen-bond acceptors (Lipinski definition) is 2. The Labute approximate surface area is 109 Å². The second-order valence-electron chi connectivity index (χ2n) is 3.42. The third-order valence-corrected chi connectivity index (χ3v) is 3.57. The Morgan fingerprint density at radius 2 is 1.76 bits per heavy atom. The average molecular weight is 353 g/mol. The van der Waals surface area contributed by atoms with Crippen molar-refractivity contribution in [3.8, 4) is 5.69 Å². The van der Waals surface area contributed by atoms with E-state index in [-0.39, 0.29) is 11.5 Å². The SMILES string of the molecule is Cc1nn(-c2cc(F)c(F)c(F)c2)c(N)c1I. The molecule has 17 heavy (non-hydrogen) atoms. The summed E-state index contributed by atoms with van der Waals surface area (Å²) in [7, 11) is 0. The lowest BCUT2D eigenvalue weighted by Crippen LogP contribution is -2.04. The largest absolute Gasteiger partial charge is 0.383 e. The van der Waals surface area contributed by atoms with Crippen LogP contribution in [-0.2, 0) is 0 Å². The summed E-state index contributed by atoms with van der Waals surface area (Å²) in [4.78, 5) is 0. The lowest BCUT2D eigenvalue weighted by atomic mass is 10.3. The smallest absolute Gasteiger partial charge is 0.194 e. The molecule has 0 atom stereocenters. The number of nitrogens with zero attached hydrogens (tertiary/aromatic N) is 2. The summed E-state index contributed by atoms with van der Waals surface area (Å²) in [6.45, 7) is 1.71. The predicted octanol–water partition coefficient (Wildman–Crippen LogP) is 2.78. The Morgan fingerprint density at radius 1 is 1.24 bits per heavy atom. The molecule has 1 aromatic carbocycles. The minimum Gasteiger partial charge on any atom is -0.383 e. The highest BCUT2D eigenvalue weighted by atomic mass is 127. The third-order valence-electron chi connectivity index (χ3n) is 2.23. The monoisotopic (exact) mass is 353 g/mol. The molecule has 2 aromatic rings. The van der Waals surface area contributed by atoms with Gasteiger partial charge in [0.1, 0.15) is 5.82 Å². The first kappa shape index (κ1) is 12.2. The molecule has 1 aromatic heterocycles. The van der Waals surface area contributed by atoms with Crippen molar-refractivity contribution in [1.82, 2.24) is 9.78 Å². The summed E-state index contributed by atoms with van der Waals surface area (Å²) in [5, 5.41) is 4.02. The second-order valence-corrected chi connectivity index (χ2v) is 4.50. The third kappa shape index (κ3) is 1.99. The van der Waals surface area contributed by atoms with Gasteiger partial charge in [0, 0.05) is 12.1 Å². The number of aryl methyl sites for hydroxylation is 1. The molecule has 3 nitrogen and oxygen atoms in total. The molecule has 0 saturated carbocycles.